The molecule has 118 valence electrons. The zero-order chi connectivity index (χ0) is 16.1. The van der Waals surface area contributed by atoms with Gasteiger partial charge in [0.25, 0.3) is 5.91 Å². The van der Waals surface area contributed by atoms with Gasteiger partial charge in [0.15, 0.2) is 5.82 Å². The standard InChI is InChI=1S/C15H20ClN5O/c1-15(2,3)8-4-5-10-9(6-8)13(22)21(20-10)12-7-11(16)18-14(17)19-12/h7-9H,4-6H2,1-3H3,(H2,17,18,19). The predicted molar refractivity (Wildman–Crippen MR) is 86.7 cm³/mol. The lowest BCUT2D eigenvalue weighted by Crippen LogP contribution is -2.35. The summed E-state index contributed by atoms with van der Waals surface area (Å²) in [4.78, 5) is 20.6. The van der Waals surface area contributed by atoms with Gasteiger partial charge in [-0.2, -0.15) is 15.1 Å². The van der Waals surface area contributed by atoms with Gasteiger partial charge < -0.3 is 5.73 Å². The van der Waals surface area contributed by atoms with Crippen LogP contribution in [0, 0.1) is 17.3 Å². The maximum Gasteiger partial charge on any atom is 0.257 e. The minimum absolute atomic E-state index is 0.0398. The minimum atomic E-state index is -0.145. The van der Waals surface area contributed by atoms with E-state index in [-0.39, 0.29) is 28.3 Å². The highest BCUT2D eigenvalue weighted by atomic mass is 35.5. The highest BCUT2D eigenvalue weighted by molar-refractivity contribution is 6.29. The number of rotatable bonds is 1. The van der Waals surface area contributed by atoms with Gasteiger partial charge in [-0.3, -0.25) is 4.79 Å². The number of hydrazone groups is 1. The van der Waals surface area contributed by atoms with Crippen LogP contribution in [0.3, 0.4) is 0 Å². The number of fused-ring (bicyclic) bond motifs is 1. The first-order valence-corrected chi connectivity index (χ1v) is 7.85. The average molecular weight is 322 g/mol. The lowest BCUT2D eigenvalue weighted by molar-refractivity contribution is -0.120. The van der Waals surface area contributed by atoms with Gasteiger partial charge in [0.1, 0.15) is 5.15 Å². The first-order chi connectivity index (χ1) is 10.3. The Balaban J connectivity index is 1.87. The number of amides is 1. The van der Waals surface area contributed by atoms with Crippen LogP contribution < -0.4 is 10.7 Å². The molecule has 0 radical (unpaired) electrons. The first-order valence-electron chi connectivity index (χ1n) is 7.47. The number of anilines is 2. The average Bonchev–Trinajstić information content (AvgIpc) is 2.74. The van der Waals surface area contributed by atoms with Crippen LogP contribution in [-0.4, -0.2) is 21.6 Å². The SMILES string of the molecule is CC(C)(C)C1CCC2=NN(c3cc(Cl)nc(N)n3)C(=O)C2C1. The molecular weight excluding hydrogens is 302 g/mol. The maximum atomic E-state index is 12.7. The molecule has 0 bridgehead atoms. The zero-order valence-corrected chi connectivity index (χ0v) is 13.8. The molecule has 1 aromatic heterocycles. The molecule has 6 nitrogen and oxygen atoms in total. The summed E-state index contributed by atoms with van der Waals surface area (Å²) in [6.07, 6.45) is 2.75. The topological polar surface area (TPSA) is 84.5 Å². The molecular formula is C15H20ClN5O. The zero-order valence-electron chi connectivity index (χ0n) is 13.0. The number of halogens is 1. The second-order valence-corrected chi connectivity index (χ2v) is 7.43. The van der Waals surface area contributed by atoms with Crippen molar-refractivity contribution < 1.29 is 4.79 Å². The third kappa shape index (κ3) is 2.67. The van der Waals surface area contributed by atoms with Crippen molar-refractivity contribution in [3.63, 3.8) is 0 Å². The van der Waals surface area contributed by atoms with Crippen LogP contribution in [0.25, 0.3) is 0 Å². The molecule has 1 amide bonds. The van der Waals surface area contributed by atoms with E-state index in [0.29, 0.717) is 11.7 Å². The summed E-state index contributed by atoms with van der Waals surface area (Å²) in [5.74, 6) is 0.708. The summed E-state index contributed by atoms with van der Waals surface area (Å²) in [6, 6.07) is 1.51. The van der Waals surface area contributed by atoms with Crippen molar-refractivity contribution in [2.45, 2.75) is 40.0 Å². The normalized spacial score (nSPS) is 25.2. The highest BCUT2D eigenvalue weighted by Crippen LogP contribution is 2.42. The summed E-state index contributed by atoms with van der Waals surface area (Å²) in [7, 11) is 0. The number of hydrogen-bond acceptors (Lipinski definition) is 5. The van der Waals surface area contributed by atoms with Crippen molar-refractivity contribution in [2.24, 2.45) is 22.4 Å². The summed E-state index contributed by atoms with van der Waals surface area (Å²) >= 11 is 5.89. The molecule has 2 N–H and O–H groups in total. The molecule has 1 aliphatic heterocycles. The first kappa shape index (κ1) is 15.2. The molecule has 0 aromatic carbocycles. The van der Waals surface area contributed by atoms with Gasteiger partial charge in [0.2, 0.25) is 5.95 Å². The molecule has 0 saturated heterocycles. The molecule has 1 aliphatic carbocycles. The highest BCUT2D eigenvalue weighted by Gasteiger charge is 2.43. The van der Waals surface area contributed by atoms with E-state index in [0.717, 1.165) is 25.0 Å². The number of nitrogens with zero attached hydrogens (tertiary/aromatic N) is 4. The fourth-order valence-corrected chi connectivity index (χ4v) is 3.39. The van der Waals surface area contributed by atoms with E-state index in [1.165, 1.54) is 11.1 Å². The second kappa shape index (κ2) is 5.19. The summed E-state index contributed by atoms with van der Waals surface area (Å²) < 4.78 is 0. The number of carbonyl (C=O) groups excluding carboxylic acids is 1. The van der Waals surface area contributed by atoms with Crippen molar-refractivity contribution in [3.8, 4) is 0 Å². The third-order valence-electron chi connectivity index (χ3n) is 4.55. The monoisotopic (exact) mass is 321 g/mol. The van der Waals surface area contributed by atoms with Crippen molar-refractivity contribution in [1.29, 1.82) is 0 Å². The molecule has 2 unspecified atom stereocenters. The lowest BCUT2D eigenvalue weighted by atomic mass is 9.68. The molecule has 1 fully saturated rings. The number of nitrogens with two attached hydrogens (primary N) is 1. The van der Waals surface area contributed by atoms with Crippen molar-refractivity contribution in [3.05, 3.63) is 11.2 Å². The Morgan fingerprint density at radius 2 is 2.09 bits per heavy atom. The third-order valence-corrected chi connectivity index (χ3v) is 4.74. The molecule has 2 aliphatic rings. The Morgan fingerprint density at radius 3 is 2.73 bits per heavy atom. The molecule has 0 spiro atoms. The van der Waals surface area contributed by atoms with Gasteiger partial charge in [-0.25, -0.2) is 4.98 Å². The van der Waals surface area contributed by atoms with Gasteiger partial charge in [0, 0.05) is 6.07 Å². The van der Waals surface area contributed by atoms with Crippen LogP contribution in [0.15, 0.2) is 11.2 Å². The van der Waals surface area contributed by atoms with Crippen LogP contribution >= 0.6 is 11.6 Å². The van der Waals surface area contributed by atoms with Crippen LogP contribution in [0.1, 0.15) is 40.0 Å². The van der Waals surface area contributed by atoms with Crippen LogP contribution in [0.4, 0.5) is 11.8 Å². The predicted octanol–water partition coefficient (Wildman–Crippen LogP) is 2.88. The fraction of sp³-hybridized carbons (Fsp3) is 0.600. The second-order valence-electron chi connectivity index (χ2n) is 7.04. The Labute approximate surface area is 134 Å². The minimum Gasteiger partial charge on any atom is -0.368 e. The van der Waals surface area contributed by atoms with Crippen LogP contribution in [0.5, 0.6) is 0 Å². The summed E-state index contributed by atoms with van der Waals surface area (Å²) in [5, 5.41) is 5.99. The smallest absolute Gasteiger partial charge is 0.257 e. The Hall–Kier alpha value is -1.69. The number of hydrogen-bond donors (Lipinski definition) is 1. The number of nitrogen functional groups attached to an aromatic ring is 1. The van der Waals surface area contributed by atoms with Gasteiger partial charge in [0.05, 0.1) is 11.6 Å². The van der Waals surface area contributed by atoms with Crippen molar-refractivity contribution in [1.82, 2.24) is 9.97 Å². The number of aromatic nitrogens is 2. The van der Waals surface area contributed by atoms with E-state index in [4.69, 9.17) is 17.3 Å². The molecule has 3 rings (SSSR count). The molecule has 2 heterocycles. The molecule has 22 heavy (non-hydrogen) atoms. The molecule has 1 saturated carbocycles. The van der Waals surface area contributed by atoms with Gasteiger partial charge >= 0.3 is 0 Å². The van der Waals surface area contributed by atoms with E-state index in [2.05, 4.69) is 35.8 Å². The van der Waals surface area contributed by atoms with E-state index < -0.39 is 0 Å². The van der Waals surface area contributed by atoms with E-state index >= 15 is 0 Å². The number of carbonyl (C=O) groups is 1. The lowest BCUT2D eigenvalue weighted by Gasteiger charge is -2.35. The molecule has 1 aromatic rings. The van der Waals surface area contributed by atoms with Gasteiger partial charge in [-0.15, -0.1) is 0 Å². The molecule has 2 atom stereocenters. The van der Waals surface area contributed by atoms with E-state index in [1.54, 1.807) is 0 Å². The van der Waals surface area contributed by atoms with Crippen molar-refractivity contribution >= 4 is 35.0 Å². The van der Waals surface area contributed by atoms with Crippen LogP contribution in [0.2, 0.25) is 5.15 Å². The summed E-state index contributed by atoms with van der Waals surface area (Å²) in [6.45, 7) is 6.67. The molecule has 7 heteroatoms. The Morgan fingerprint density at radius 1 is 1.36 bits per heavy atom. The van der Waals surface area contributed by atoms with Crippen molar-refractivity contribution in [2.75, 3.05) is 10.7 Å². The maximum absolute atomic E-state index is 12.7. The van der Waals surface area contributed by atoms with E-state index in [1.807, 2.05) is 0 Å². The largest absolute Gasteiger partial charge is 0.368 e. The quantitative estimate of drug-likeness (QED) is 0.806. The Kier molecular flexibility index (Phi) is 3.59. The Bertz CT molecular complexity index is 632. The fourth-order valence-electron chi connectivity index (χ4n) is 3.21. The van der Waals surface area contributed by atoms with Gasteiger partial charge in [-0.05, 0) is 30.6 Å². The van der Waals surface area contributed by atoms with Crippen LogP contribution in [-0.2, 0) is 4.79 Å². The van der Waals surface area contributed by atoms with E-state index in [9.17, 15) is 4.79 Å². The summed E-state index contributed by atoms with van der Waals surface area (Å²) in [5.41, 5.74) is 6.74. The van der Waals surface area contributed by atoms with Gasteiger partial charge in [-0.1, -0.05) is 32.4 Å².